The first-order valence-electron chi connectivity index (χ1n) is 11.7. The SMILES string of the molecule is O=C(CSc1nc2sc3c(c2c(=O)n1-c1ccc(Cl)cc1)CCCC3)NN=CC(Cl)=Cc1ccccc1. The molecule has 0 bridgehead atoms. The zero-order chi connectivity index (χ0) is 25.8. The van der Waals surface area contributed by atoms with Gasteiger partial charge in [-0.25, -0.2) is 10.4 Å². The molecule has 0 unspecified atom stereocenters. The quantitative estimate of drug-likeness (QED) is 0.120. The number of thioether (sulfide) groups is 1. The van der Waals surface area contributed by atoms with E-state index in [1.807, 2.05) is 30.3 Å². The Labute approximate surface area is 232 Å². The second-order valence-corrected chi connectivity index (χ2v) is 11.3. The van der Waals surface area contributed by atoms with E-state index < -0.39 is 0 Å². The van der Waals surface area contributed by atoms with Gasteiger partial charge in [-0.2, -0.15) is 5.10 Å². The van der Waals surface area contributed by atoms with E-state index in [1.165, 1.54) is 22.9 Å². The van der Waals surface area contributed by atoms with Gasteiger partial charge in [-0.3, -0.25) is 14.2 Å². The normalized spacial score (nSPS) is 13.7. The van der Waals surface area contributed by atoms with Crippen LogP contribution in [0.5, 0.6) is 0 Å². The van der Waals surface area contributed by atoms with Gasteiger partial charge in [0, 0.05) is 9.90 Å². The van der Waals surface area contributed by atoms with Gasteiger partial charge in [-0.1, -0.05) is 65.3 Å². The second-order valence-electron chi connectivity index (χ2n) is 8.42. The Hall–Kier alpha value is -2.91. The lowest BCUT2D eigenvalue weighted by atomic mass is 9.97. The Kier molecular flexibility index (Phi) is 8.10. The molecule has 0 saturated heterocycles. The van der Waals surface area contributed by atoms with Gasteiger partial charge in [0.05, 0.1) is 28.1 Å². The Morgan fingerprint density at radius 1 is 1.14 bits per heavy atom. The number of nitrogens with zero attached hydrogens (tertiary/aromatic N) is 3. The lowest BCUT2D eigenvalue weighted by Gasteiger charge is -2.13. The van der Waals surface area contributed by atoms with Crippen molar-refractivity contribution in [2.45, 2.75) is 30.8 Å². The van der Waals surface area contributed by atoms with Gasteiger partial charge in [0.25, 0.3) is 11.5 Å². The highest BCUT2D eigenvalue weighted by molar-refractivity contribution is 7.99. The zero-order valence-corrected chi connectivity index (χ0v) is 22.8. The van der Waals surface area contributed by atoms with Crippen LogP contribution in [0, 0.1) is 0 Å². The van der Waals surface area contributed by atoms with Gasteiger partial charge in [0.15, 0.2) is 5.16 Å². The van der Waals surface area contributed by atoms with E-state index in [0.29, 0.717) is 26.3 Å². The summed E-state index contributed by atoms with van der Waals surface area (Å²) in [6.45, 7) is 0. The molecule has 0 atom stereocenters. The fourth-order valence-electron chi connectivity index (χ4n) is 4.18. The molecule has 0 fully saturated rings. The first-order chi connectivity index (χ1) is 18.0. The smallest absolute Gasteiger partial charge is 0.267 e. The van der Waals surface area contributed by atoms with Crippen molar-refractivity contribution in [2.24, 2.45) is 5.10 Å². The van der Waals surface area contributed by atoms with E-state index in [0.717, 1.165) is 41.6 Å². The summed E-state index contributed by atoms with van der Waals surface area (Å²) < 4.78 is 1.57. The van der Waals surface area contributed by atoms with Crippen molar-refractivity contribution in [2.75, 3.05) is 5.75 Å². The molecule has 10 heteroatoms. The summed E-state index contributed by atoms with van der Waals surface area (Å²) in [7, 11) is 0. The third-order valence-corrected chi connectivity index (χ3v) is 8.44. The van der Waals surface area contributed by atoms with E-state index >= 15 is 0 Å². The topological polar surface area (TPSA) is 76.3 Å². The Bertz CT molecular complexity index is 1560. The molecular formula is C27H22Cl2N4O2S2. The summed E-state index contributed by atoms with van der Waals surface area (Å²) in [5.41, 5.74) is 5.06. The molecular weight excluding hydrogens is 547 g/mol. The number of hydrazone groups is 1. The summed E-state index contributed by atoms with van der Waals surface area (Å²) in [4.78, 5) is 33.1. The van der Waals surface area contributed by atoms with Crippen LogP contribution in [0.1, 0.15) is 28.8 Å². The number of benzene rings is 2. The van der Waals surface area contributed by atoms with Crippen molar-refractivity contribution in [1.82, 2.24) is 15.0 Å². The van der Waals surface area contributed by atoms with Crippen LogP contribution in [0.25, 0.3) is 22.0 Å². The fraction of sp³-hybridized carbons (Fsp3) is 0.185. The molecule has 2 heterocycles. The molecule has 1 amide bonds. The fourth-order valence-corrected chi connectivity index (χ4v) is 6.58. The summed E-state index contributed by atoms with van der Waals surface area (Å²) in [6.07, 6.45) is 7.18. The molecule has 2 aromatic carbocycles. The average Bonchev–Trinajstić information content (AvgIpc) is 3.27. The van der Waals surface area contributed by atoms with E-state index in [2.05, 4.69) is 10.5 Å². The highest BCUT2D eigenvalue weighted by Gasteiger charge is 2.23. The molecule has 4 aromatic rings. The highest BCUT2D eigenvalue weighted by atomic mass is 35.5. The lowest BCUT2D eigenvalue weighted by Crippen LogP contribution is -2.24. The van der Waals surface area contributed by atoms with Crippen LogP contribution in [0.15, 0.2) is 74.7 Å². The molecule has 2 aromatic heterocycles. The van der Waals surface area contributed by atoms with E-state index in [1.54, 1.807) is 46.2 Å². The molecule has 37 heavy (non-hydrogen) atoms. The first-order valence-corrected chi connectivity index (χ1v) is 14.3. The summed E-state index contributed by atoms with van der Waals surface area (Å²) in [5, 5.41) is 6.03. The monoisotopic (exact) mass is 568 g/mol. The third kappa shape index (κ3) is 5.99. The number of halogens is 2. The number of thiophene rings is 1. The van der Waals surface area contributed by atoms with Crippen molar-refractivity contribution in [1.29, 1.82) is 0 Å². The largest absolute Gasteiger partial charge is 0.272 e. The predicted octanol–water partition coefficient (Wildman–Crippen LogP) is 6.45. The van der Waals surface area contributed by atoms with Gasteiger partial charge in [0.2, 0.25) is 0 Å². The summed E-state index contributed by atoms with van der Waals surface area (Å²) in [6, 6.07) is 16.6. The Morgan fingerprint density at radius 3 is 2.68 bits per heavy atom. The molecule has 5 rings (SSSR count). The Morgan fingerprint density at radius 2 is 1.89 bits per heavy atom. The van der Waals surface area contributed by atoms with Crippen LogP contribution in [-0.2, 0) is 17.6 Å². The van der Waals surface area contributed by atoms with E-state index in [-0.39, 0.29) is 17.2 Å². The molecule has 1 N–H and O–H groups in total. The van der Waals surface area contributed by atoms with Gasteiger partial charge in [-0.15, -0.1) is 11.3 Å². The lowest BCUT2D eigenvalue weighted by molar-refractivity contribution is -0.118. The minimum atomic E-state index is -0.340. The minimum absolute atomic E-state index is 0.0218. The third-order valence-electron chi connectivity index (χ3n) is 5.86. The summed E-state index contributed by atoms with van der Waals surface area (Å²) in [5.74, 6) is -0.318. The van der Waals surface area contributed by atoms with Crippen LogP contribution in [0.2, 0.25) is 5.02 Å². The molecule has 0 radical (unpaired) electrons. The number of carbonyl (C=O) groups excluding carboxylic acids is 1. The van der Waals surface area contributed by atoms with Crippen LogP contribution in [0.4, 0.5) is 0 Å². The number of amides is 1. The number of hydrogen-bond donors (Lipinski definition) is 1. The van der Waals surface area contributed by atoms with Crippen LogP contribution in [-0.4, -0.2) is 27.4 Å². The van der Waals surface area contributed by atoms with Crippen LogP contribution in [0.3, 0.4) is 0 Å². The number of rotatable bonds is 7. The van der Waals surface area contributed by atoms with E-state index in [4.69, 9.17) is 28.2 Å². The molecule has 0 spiro atoms. The minimum Gasteiger partial charge on any atom is -0.272 e. The number of nitrogens with one attached hydrogen (secondary N) is 1. The predicted molar refractivity (Wildman–Crippen MR) is 154 cm³/mol. The highest BCUT2D eigenvalue weighted by Crippen LogP contribution is 2.35. The van der Waals surface area contributed by atoms with Gasteiger partial charge < -0.3 is 0 Å². The van der Waals surface area contributed by atoms with Gasteiger partial charge in [-0.05, 0) is 67.2 Å². The molecule has 1 aliphatic carbocycles. The number of aryl methyl sites for hydroxylation is 2. The van der Waals surface area contributed by atoms with Crippen molar-refractivity contribution >= 4 is 74.7 Å². The van der Waals surface area contributed by atoms with Crippen molar-refractivity contribution in [3.8, 4) is 5.69 Å². The van der Waals surface area contributed by atoms with Crippen molar-refractivity contribution < 1.29 is 4.79 Å². The molecule has 1 aliphatic rings. The number of fused-ring (bicyclic) bond motifs is 3. The van der Waals surface area contributed by atoms with Gasteiger partial charge in [0.1, 0.15) is 4.83 Å². The standard InChI is InChI=1S/C27H22Cl2N4O2S2/c28-18-10-12-20(13-11-18)33-26(35)24-21-8-4-5-9-22(21)37-25(24)31-27(33)36-16-23(34)32-30-15-19(29)14-17-6-2-1-3-7-17/h1-3,6-7,10-15H,4-5,8-9,16H2,(H,32,34). The van der Waals surface area contributed by atoms with Gasteiger partial charge >= 0.3 is 0 Å². The zero-order valence-electron chi connectivity index (χ0n) is 19.6. The number of carbonyl (C=O) groups is 1. The summed E-state index contributed by atoms with van der Waals surface area (Å²) >= 11 is 15.0. The van der Waals surface area contributed by atoms with Crippen LogP contribution >= 0.6 is 46.3 Å². The maximum Gasteiger partial charge on any atom is 0.267 e. The first kappa shape index (κ1) is 25.7. The molecule has 0 saturated carbocycles. The second kappa shape index (κ2) is 11.6. The average molecular weight is 570 g/mol. The number of allylic oxidation sites excluding steroid dienone is 1. The van der Waals surface area contributed by atoms with Crippen molar-refractivity contribution in [3.05, 3.63) is 91.0 Å². The maximum atomic E-state index is 13.7. The van der Waals surface area contributed by atoms with Crippen LogP contribution < -0.4 is 11.0 Å². The van der Waals surface area contributed by atoms with E-state index in [9.17, 15) is 9.59 Å². The van der Waals surface area contributed by atoms with Crippen molar-refractivity contribution in [3.63, 3.8) is 0 Å². The molecule has 0 aliphatic heterocycles. The Balaban J connectivity index is 1.38. The molecule has 188 valence electrons. The number of aromatic nitrogens is 2. The maximum absolute atomic E-state index is 13.7. The number of hydrogen-bond acceptors (Lipinski definition) is 6. The molecule has 6 nitrogen and oxygen atoms in total.